The molecule has 0 radical (unpaired) electrons. The molecule has 0 aliphatic heterocycles. The van der Waals surface area contributed by atoms with Gasteiger partial charge in [0.05, 0.1) is 5.35 Å². The van der Waals surface area contributed by atoms with E-state index in [1.54, 1.807) is 0 Å². The summed E-state index contributed by atoms with van der Waals surface area (Å²) in [6.07, 6.45) is 6.77. The zero-order chi connectivity index (χ0) is 7.68. The fraction of sp³-hybridized carbons (Fsp3) is 0.300. The lowest BCUT2D eigenvalue weighted by Gasteiger charge is -1.98. The monoisotopic (exact) mass is 145 g/mol. The predicted molar refractivity (Wildman–Crippen MR) is 46.4 cm³/mol. The molecule has 0 amide bonds. The van der Waals surface area contributed by atoms with Crippen molar-refractivity contribution in [2.45, 2.75) is 19.8 Å². The molecule has 0 N–H and O–H groups in total. The van der Waals surface area contributed by atoms with Gasteiger partial charge in [0, 0.05) is 5.69 Å². The number of pyridine rings is 1. The maximum Gasteiger partial charge on any atom is 0.0662 e. The van der Waals surface area contributed by atoms with E-state index >= 15 is 0 Å². The standard InChI is InChI=1S/C10H11N/c1-8-6-7-9-4-2-3-5-10(9)11-8/h4-7H,2-3H2,1H3. The van der Waals surface area contributed by atoms with Gasteiger partial charge in [-0.2, -0.15) is 0 Å². The molecule has 0 saturated heterocycles. The van der Waals surface area contributed by atoms with Crippen molar-refractivity contribution >= 4 is 12.2 Å². The zero-order valence-corrected chi connectivity index (χ0v) is 6.67. The van der Waals surface area contributed by atoms with Crippen LogP contribution < -0.4 is 10.6 Å². The molecule has 0 unspecified atom stereocenters. The highest BCUT2D eigenvalue weighted by Gasteiger charge is 1.93. The highest BCUT2D eigenvalue weighted by Crippen LogP contribution is 1.94. The van der Waals surface area contributed by atoms with Crippen LogP contribution in [-0.4, -0.2) is 4.98 Å². The number of hydrogen-bond acceptors (Lipinski definition) is 1. The van der Waals surface area contributed by atoms with Crippen LogP contribution in [0.15, 0.2) is 12.1 Å². The molecule has 1 heterocycles. The summed E-state index contributed by atoms with van der Waals surface area (Å²) in [4.78, 5) is 4.43. The van der Waals surface area contributed by atoms with Gasteiger partial charge in [-0.15, -0.1) is 0 Å². The molecule has 11 heavy (non-hydrogen) atoms. The Morgan fingerprint density at radius 2 is 2.00 bits per heavy atom. The molecular formula is C10H11N. The lowest BCUT2D eigenvalue weighted by molar-refractivity contribution is 1.05. The molecule has 56 valence electrons. The molecule has 1 aromatic heterocycles. The van der Waals surface area contributed by atoms with Gasteiger partial charge in [0.1, 0.15) is 0 Å². The van der Waals surface area contributed by atoms with Gasteiger partial charge >= 0.3 is 0 Å². The third-order valence-electron chi connectivity index (χ3n) is 1.97. The Morgan fingerprint density at radius 1 is 1.18 bits per heavy atom. The van der Waals surface area contributed by atoms with Crippen LogP contribution in [0.25, 0.3) is 12.2 Å². The first-order chi connectivity index (χ1) is 5.36. The average Bonchev–Trinajstić information content (AvgIpc) is 2.04. The molecule has 0 fully saturated rings. The minimum absolute atomic E-state index is 1.11. The average molecular weight is 145 g/mol. The topological polar surface area (TPSA) is 12.9 Å². The molecule has 0 bridgehead atoms. The van der Waals surface area contributed by atoms with Crippen LogP contribution in [0.5, 0.6) is 0 Å². The second kappa shape index (κ2) is 2.50. The molecule has 1 aromatic rings. The highest BCUT2D eigenvalue weighted by atomic mass is 14.7. The van der Waals surface area contributed by atoms with E-state index in [0.717, 1.165) is 23.9 Å². The summed E-state index contributed by atoms with van der Waals surface area (Å²) in [5, 5.41) is 2.46. The Morgan fingerprint density at radius 3 is 2.91 bits per heavy atom. The smallest absolute Gasteiger partial charge is 0.0662 e. The van der Waals surface area contributed by atoms with Crippen molar-refractivity contribution in [2.24, 2.45) is 0 Å². The Balaban J connectivity index is 2.80. The van der Waals surface area contributed by atoms with E-state index in [1.165, 1.54) is 5.22 Å². The van der Waals surface area contributed by atoms with Gasteiger partial charge in [-0.05, 0) is 31.1 Å². The van der Waals surface area contributed by atoms with E-state index < -0.39 is 0 Å². The highest BCUT2D eigenvalue weighted by molar-refractivity contribution is 5.35. The van der Waals surface area contributed by atoms with Crippen molar-refractivity contribution in [3.05, 3.63) is 28.4 Å². The number of fused-ring (bicyclic) bond motifs is 1. The molecule has 0 saturated carbocycles. The fourth-order valence-electron chi connectivity index (χ4n) is 1.38. The lowest BCUT2D eigenvalue weighted by Crippen LogP contribution is -2.30. The summed E-state index contributed by atoms with van der Waals surface area (Å²) in [5.74, 6) is 0. The van der Waals surface area contributed by atoms with Crippen molar-refractivity contribution in [3.8, 4) is 0 Å². The maximum absolute atomic E-state index is 4.43. The van der Waals surface area contributed by atoms with Crippen LogP contribution in [-0.2, 0) is 0 Å². The van der Waals surface area contributed by atoms with Gasteiger partial charge in [-0.25, -0.2) is 0 Å². The third-order valence-corrected chi connectivity index (χ3v) is 1.97. The predicted octanol–water partition coefficient (Wildman–Crippen LogP) is 0.745. The summed E-state index contributed by atoms with van der Waals surface area (Å²) < 4.78 is 0. The summed E-state index contributed by atoms with van der Waals surface area (Å²) in [7, 11) is 0. The molecule has 1 aliphatic rings. The number of nitrogens with zero attached hydrogens (tertiary/aromatic N) is 1. The van der Waals surface area contributed by atoms with Crippen molar-refractivity contribution in [2.75, 3.05) is 0 Å². The van der Waals surface area contributed by atoms with Crippen LogP contribution in [0, 0.1) is 6.92 Å². The second-order valence-corrected chi connectivity index (χ2v) is 2.91. The first kappa shape index (κ1) is 6.59. The SMILES string of the molecule is Cc1ccc2c(n1)=CCCC=2. The van der Waals surface area contributed by atoms with Gasteiger partial charge in [-0.3, -0.25) is 4.98 Å². The van der Waals surface area contributed by atoms with E-state index in [2.05, 4.69) is 29.3 Å². The van der Waals surface area contributed by atoms with Crippen molar-refractivity contribution < 1.29 is 0 Å². The first-order valence-electron chi connectivity index (χ1n) is 4.00. The Kier molecular flexibility index (Phi) is 1.50. The number of rotatable bonds is 0. The summed E-state index contributed by atoms with van der Waals surface area (Å²) in [6.45, 7) is 2.03. The van der Waals surface area contributed by atoms with Crippen LogP contribution >= 0.6 is 0 Å². The normalized spacial score (nSPS) is 14.6. The molecule has 0 atom stereocenters. The van der Waals surface area contributed by atoms with Gasteiger partial charge < -0.3 is 0 Å². The zero-order valence-electron chi connectivity index (χ0n) is 6.67. The lowest BCUT2D eigenvalue weighted by atomic mass is 10.1. The summed E-state index contributed by atoms with van der Waals surface area (Å²) >= 11 is 0. The molecule has 0 aromatic carbocycles. The van der Waals surface area contributed by atoms with E-state index in [0.29, 0.717) is 0 Å². The van der Waals surface area contributed by atoms with Crippen molar-refractivity contribution in [1.82, 2.24) is 4.98 Å². The van der Waals surface area contributed by atoms with Crippen molar-refractivity contribution in [1.29, 1.82) is 0 Å². The van der Waals surface area contributed by atoms with Crippen molar-refractivity contribution in [3.63, 3.8) is 0 Å². The van der Waals surface area contributed by atoms with E-state index in [-0.39, 0.29) is 0 Å². The molecule has 1 aliphatic carbocycles. The number of aromatic nitrogens is 1. The minimum Gasteiger partial charge on any atom is -0.253 e. The fourth-order valence-corrected chi connectivity index (χ4v) is 1.38. The Labute approximate surface area is 66.1 Å². The van der Waals surface area contributed by atoms with Crippen LogP contribution in [0.1, 0.15) is 18.5 Å². The first-order valence-corrected chi connectivity index (χ1v) is 4.00. The maximum atomic E-state index is 4.43. The Bertz CT molecular complexity index is 376. The number of aryl methyl sites for hydroxylation is 1. The van der Waals surface area contributed by atoms with E-state index in [4.69, 9.17) is 0 Å². The summed E-state index contributed by atoms with van der Waals surface area (Å²) in [5.41, 5.74) is 1.11. The quantitative estimate of drug-likeness (QED) is 0.525. The summed E-state index contributed by atoms with van der Waals surface area (Å²) in [6, 6.07) is 4.21. The van der Waals surface area contributed by atoms with Crippen LogP contribution in [0.2, 0.25) is 0 Å². The van der Waals surface area contributed by atoms with Crippen LogP contribution in [0.3, 0.4) is 0 Å². The van der Waals surface area contributed by atoms with Gasteiger partial charge in [-0.1, -0.05) is 18.2 Å². The largest absolute Gasteiger partial charge is 0.253 e. The van der Waals surface area contributed by atoms with E-state index in [1.807, 2.05) is 6.92 Å². The molecule has 1 nitrogen and oxygen atoms in total. The third kappa shape index (κ3) is 1.18. The molecule has 2 rings (SSSR count). The molecule has 1 heteroatoms. The Hall–Kier alpha value is -1.11. The molecular weight excluding hydrogens is 134 g/mol. The van der Waals surface area contributed by atoms with Gasteiger partial charge in [0.2, 0.25) is 0 Å². The van der Waals surface area contributed by atoms with Crippen LogP contribution in [0.4, 0.5) is 0 Å². The minimum atomic E-state index is 1.11. The number of hydrogen-bond donors (Lipinski definition) is 0. The van der Waals surface area contributed by atoms with Gasteiger partial charge in [0.15, 0.2) is 0 Å². The van der Waals surface area contributed by atoms with E-state index in [9.17, 15) is 0 Å². The van der Waals surface area contributed by atoms with Gasteiger partial charge in [0.25, 0.3) is 0 Å². The second-order valence-electron chi connectivity index (χ2n) is 2.91. The molecule has 0 spiro atoms.